The molecule has 202 valence electrons. The summed E-state index contributed by atoms with van der Waals surface area (Å²) in [5, 5.41) is 5.98. The molecule has 39 heavy (non-hydrogen) atoms. The highest BCUT2D eigenvalue weighted by Gasteiger charge is 2.24. The van der Waals surface area contributed by atoms with E-state index in [9.17, 15) is 18.8 Å². The minimum Gasteiger partial charge on any atom is -0.457 e. The van der Waals surface area contributed by atoms with Crippen LogP contribution in [-0.4, -0.2) is 46.7 Å². The van der Waals surface area contributed by atoms with Crippen molar-refractivity contribution in [2.75, 3.05) is 18.4 Å². The first-order chi connectivity index (χ1) is 18.7. The zero-order valence-corrected chi connectivity index (χ0v) is 22.1. The first-order valence-corrected chi connectivity index (χ1v) is 12.7. The fraction of sp³-hybridized carbons (Fsp3) is 0.233. The lowest BCUT2D eigenvalue weighted by molar-refractivity contribution is -0.123. The number of ether oxygens (including phenoxy) is 1. The third kappa shape index (κ3) is 7.22. The van der Waals surface area contributed by atoms with Gasteiger partial charge in [0.15, 0.2) is 0 Å². The molecule has 0 fully saturated rings. The number of nitrogens with zero attached hydrogens (tertiary/aromatic N) is 1. The molecule has 3 amide bonds. The SMILES string of the molecule is CCc1ccc(Oc2ccc(NC(=O)CN(CC(=O)NC(C)C)C(=O)c3cc4cccc(F)c4[nH]3)cc2)cc1. The minimum atomic E-state index is -0.600. The Hall–Kier alpha value is -4.66. The molecule has 0 bridgehead atoms. The lowest BCUT2D eigenvalue weighted by Gasteiger charge is -2.22. The van der Waals surface area contributed by atoms with Gasteiger partial charge in [-0.1, -0.05) is 31.2 Å². The van der Waals surface area contributed by atoms with Gasteiger partial charge in [0.25, 0.3) is 5.91 Å². The van der Waals surface area contributed by atoms with E-state index in [0.29, 0.717) is 22.6 Å². The summed E-state index contributed by atoms with van der Waals surface area (Å²) in [4.78, 5) is 42.5. The van der Waals surface area contributed by atoms with Crippen molar-refractivity contribution in [2.45, 2.75) is 33.2 Å². The highest BCUT2D eigenvalue weighted by atomic mass is 19.1. The lowest BCUT2D eigenvalue weighted by atomic mass is 10.2. The second-order valence-electron chi connectivity index (χ2n) is 9.44. The number of nitrogens with one attached hydrogen (secondary N) is 3. The summed E-state index contributed by atoms with van der Waals surface area (Å²) >= 11 is 0. The molecule has 9 heteroatoms. The molecule has 4 rings (SSSR count). The Morgan fingerprint density at radius 1 is 0.923 bits per heavy atom. The van der Waals surface area contributed by atoms with Gasteiger partial charge >= 0.3 is 0 Å². The molecular weight excluding hydrogens is 499 g/mol. The summed E-state index contributed by atoms with van der Waals surface area (Å²) < 4.78 is 20.0. The number of carbonyl (C=O) groups excluding carboxylic acids is 3. The van der Waals surface area contributed by atoms with Gasteiger partial charge < -0.3 is 25.3 Å². The Morgan fingerprint density at radius 3 is 2.18 bits per heavy atom. The Labute approximate surface area is 226 Å². The molecule has 0 aliphatic carbocycles. The van der Waals surface area contributed by atoms with Gasteiger partial charge in [-0.25, -0.2) is 4.39 Å². The number of rotatable bonds is 10. The number of para-hydroxylation sites is 1. The summed E-state index contributed by atoms with van der Waals surface area (Å²) in [6.07, 6.45) is 0.945. The van der Waals surface area contributed by atoms with E-state index in [1.807, 2.05) is 24.3 Å². The highest BCUT2D eigenvalue weighted by molar-refractivity contribution is 6.02. The molecule has 0 unspecified atom stereocenters. The number of aryl methyl sites for hydroxylation is 1. The maximum Gasteiger partial charge on any atom is 0.271 e. The number of anilines is 1. The Morgan fingerprint density at radius 2 is 1.56 bits per heavy atom. The normalized spacial score (nSPS) is 10.9. The van der Waals surface area contributed by atoms with Gasteiger partial charge in [-0.2, -0.15) is 0 Å². The van der Waals surface area contributed by atoms with E-state index in [0.717, 1.165) is 11.3 Å². The fourth-order valence-electron chi connectivity index (χ4n) is 4.05. The van der Waals surface area contributed by atoms with Crippen LogP contribution in [0.3, 0.4) is 0 Å². The van der Waals surface area contributed by atoms with Gasteiger partial charge in [0.1, 0.15) is 36.1 Å². The first kappa shape index (κ1) is 27.4. The van der Waals surface area contributed by atoms with E-state index < -0.39 is 23.5 Å². The van der Waals surface area contributed by atoms with Crippen molar-refractivity contribution in [3.63, 3.8) is 0 Å². The van der Waals surface area contributed by atoms with E-state index in [2.05, 4.69) is 22.5 Å². The summed E-state index contributed by atoms with van der Waals surface area (Å²) in [6.45, 7) is 4.95. The zero-order valence-electron chi connectivity index (χ0n) is 22.1. The Kier molecular flexibility index (Phi) is 8.60. The number of carbonyl (C=O) groups is 3. The van der Waals surface area contributed by atoms with Crippen LogP contribution in [0, 0.1) is 5.82 Å². The van der Waals surface area contributed by atoms with Crippen LogP contribution in [-0.2, 0) is 16.0 Å². The number of benzene rings is 3. The molecule has 0 saturated carbocycles. The van der Waals surface area contributed by atoms with Crippen molar-refractivity contribution < 1.29 is 23.5 Å². The van der Waals surface area contributed by atoms with Crippen LogP contribution in [0.2, 0.25) is 0 Å². The van der Waals surface area contributed by atoms with Crippen molar-refractivity contribution >= 4 is 34.3 Å². The van der Waals surface area contributed by atoms with E-state index in [4.69, 9.17) is 4.74 Å². The van der Waals surface area contributed by atoms with Crippen molar-refractivity contribution in [3.05, 3.63) is 89.9 Å². The molecule has 0 spiro atoms. The number of hydrogen-bond acceptors (Lipinski definition) is 4. The average molecular weight is 531 g/mol. The second-order valence-corrected chi connectivity index (χ2v) is 9.44. The minimum absolute atomic E-state index is 0.0775. The molecule has 4 aromatic rings. The smallest absolute Gasteiger partial charge is 0.271 e. The maximum absolute atomic E-state index is 14.2. The molecule has 3 N–H and O–H groups in total. The van der Waals surface area contributed by atoms with E-state index >= 15 is 0 Å². The summed E-state index contributed by atoms with van der Waals surface area (Å²) in [5.41, 5.74) is 1.97. The van der Waals surface area contributed by atoms with Crippen molar-refractivity contribution in [1.29, 1.82) is 0 Å². The van der Waals surface area contributed by atoms with Crippen molar-refractivity contribution in [3.8, 4) is 11.5 Å². The molecule has 0 atom stereocenters. The topological polar surface area (TPSA) is 104 Å². The zero-order chi connectivity index (χ0) is 27.9. The highest BCUT2D eigenvalue weighted by Crippen LogP contribution is 2.24. The number of aromatic nitrogens is 1. The first-order valence-electron chi connectivity index (χ1n) is 12.7. The van der Waals surface area contributed by atoms with E-state index in [1.165, 1.54) is 17.7 Å². The molecule has 1 heterocycles. The summed E-state index contributed by atoms with van der Waals surface area (Å²) in [7, 11) is 0. The Bertz CT molecular complexity index is 1460. The predicted octanol–water partition coefficient (Wildman–Crippen LogP) is 5.27. The van der Waals surface area contributed by atoms with Crippen LogP contribution in [0.1, 0.15) is 36.8 Å². The van der Waals surface area contributed by atoms with Crippen molar-refractivity contribution in [2.24, 2.45) is 0 Å². The molecule has 8 nitrogen and oxygen atoms in total. The molecule has 3 aromatic carbocycles. The monoisotopic (exact) mass is 530 g/mol. The maximum atomic E-state index is 14.2. The predicted molar refractivity (Wildman–Crippen MR) is 148 cm³/mol. The molecule has 0 saturated heterocycles. The van der Waals surface area contributed by atoms with Crippen LogP contribution in [0.15, 0.2) is 72.8 Å². The average Bonchev–Trinajstić information content (AvgIpc) is 3.35. The standard InChI is InChI=1S/C30H31FN4O4/c1-4-20-8-12-23(13-9-20)39-24-14-10-22(11-15-24)33-28(37)18-35(17-27(36)32-19(2)3)30(38)26-16-21-6-5-7-25(31)29(21)34-26/h5-16,19,34H,4,17-18H2,1-3H3,(H,32,36)(H,33,37). The van der Waals surface area contributed by atoms with Crippen LogP contribution < -0.4 is 15.4 Å². The number of hydrogen-bond donors (Lipinski definition) is 3. The van der Waals surface area contributed by atoms with Gasteiger partial charge in [-0.05, 0) is 74.4 Å². The molecule has 0 aliphatic rings. The van der Waals surface area contributed by atoms with E-state index in [-0.39, 0.29) is 30.3 Å². The number of halogens is 1. The van der Waals surface area contributed by atoms with Crippen LogP contribution >= 0.6 is 0 Å². The van der Waals surface area contributed by atoms with Crippen molar-refractivity contribution in [1.82, 2.24) is 15.2 Å². The van der Waals surface area contributed by atoms with Gasteiger partial charge in [0.05, 0.1) is 5.52 Å². The van der Waals surface area contributed by atoms with Gasteiger partial charge in [0, 0.05) is 17.1 Å². The van der Waals surface area contributed by atoms with Crippen LogP contribution in [0.25, 0.3) is 10.9 Å². The Balaban J connectivity index is 1.44. The van der Waals surface area contributed by atoms with Crippen LogP contribution in [0.5, 0.6) is 11.5 Å². The molecule has 0 radical (unpaired) electrons. The lowest BCUT2D eigenvalue weighted by Crippen LogP contribution is -2.45. The number of H-pyrrole nitrogens is 1. The molecule has 0 aliphatic heterocycles. The molecule has 1 aromatic heterocycles. The molecular formula is C30H31FN4O4. The summed E-state index contributed by atoms with van der Waals surface area (Å²) in [5.74, 6) is -0.704. The number of aromatic amines is 1. The largest absolute Gasteiger partial charge is 0.457 e. The second kappa shape index (κ2) is 12.3. The third-order valence-electron chi connectivity index (χ3n) is 5.95. The van der Waals surface area contributed by atoms with Gasteiger partial charge in [0.2, 0.25) is 11.8 Å². The quantitative estimate of drug-likeness (QED) is 0.260. The third-order valence-corrected chi connectivity index (χ3v) is 5.95. The van der Waals surface area contributed by atoms with Crippen LogP contribution in [0.4, 0.5) is 10.1 Å². The van der Waals surface area contributed by atoms with E-state index in [1.54, 1.807) is 50.2 Å². The van der Waals surface area contributed by atoms with Gasteiger partial charge in [-0.3, -0.25) is 14.4 Å². The number of fused-ring (bicyclic) bond motifs is 1. The summed E-state index contributed by atoms with van der Waals surface area (Å²) in [6, 6.07) is 20.5. The van der Waals surface area contributed by atoms with Gasteiger partial charge in [-0.15, -0.1) is 0 Å². The number of amides is 3. The fourth-order valence-corrected chi connectivity index (χ4v) is 4.05.